The van der Waals surface area contributed by atoms with Crippen LogP contribution < -0.4 is 0 Å². The highest BCUT2D eigenvalue weighted by atomic mass is 16.6. The first-order chi connectivity index (χ1) is 8.63. The van der Waals surface area contributed by atoms with Crippen LogP contribution >= 0.6 is 0 Å². The molecule has 0 bridgehead atoms. The van der Waals surface area contributed by atoms with Crippen molar-refractivity contribution in [2.45, 2.75) is 12.8 Å². The summed E-state index contributed by atoms with van der Waals surface area (Å²) in [6.45, 7) is 7.29. The van der Waals surface area contributed by atoms with E-state index in [0.717, 1.165) is 29.7 Å². The zero-order chi connectivity index (χ0) is 13.1. The largest absolute Gasteiger partial charge is 0.465 e. The van der Waals surface area contributed by atoms with Crippen molar-refractivity contribution in [1.29, 1.82) is 0 Å². The molecule has 0 saturated carbocycles. The minimum atomic E-state index is -0.442. The predicted octanol–water partition coefficient (Wildman–Crippen LogP) is 3.51. The lowest BCUT2D eigenvalue weighted by molar-refractivity contribution is -0.420. The Kier molecular flexibility index (Phi) is 3.28. The molecule has 1 aliphatic carbocycles. The molecular weight excluding hydrogens is 230 g/mol. The van der Waals surface area contributed by atoms with E-state index in [4.69, 9.17) is 4.42 Å². The van der Waals surface area contributed by atoms with Crippen LogP contribution in [0, 0.1) is 10.1 Å². The molecule has 4 nitrogen and oxygen atoms in total. The third kappa shape index (κ3) is 2.18. The number of allylic oxidation sites excluding steroid dienone is 3. The van der Waals surface area contributed by atoms with Gasteiger partial charge >= 0.3 is 0 Å². The molecule has 0 N–H and O–H groups in total. The summed E-state index contributed by atoms with van der Waals surface area (Å²) in [6.07, 6.45) is 7.75. The second kappa shape index (κ2) is 4.87. The van der Waals surface area contributed by atoms with Gasteiger partial charge in [-0.15, -0.1) is 0 Å². The van der Waals surface area contributed by atoms with E-state index in [1.165, 1.54) is 12.2 Å². The number of hydrogen-bond acceptors (Lipinski definition) is 3. The number of rotatable bonds is 4. The van der Waals surface area contributed by atoms with Crippen molar-refractivity contribution in [1.82, 2.24) is 0 Å². The number of aryl methyl sites for hydroxylation is 1. The molecule has 0 spiro atoms. The Labute approximate surface area is 105 Å². The average molecular weight is 243 g/mol. The zero-order valence-corrected chi connectivity index (χ0v) is 9.89. The molecule has 1 aromatic heterocycles. The highest BCUT2D eigenvalue weighted by molar-refractivity contribution is 5.62. The van der Waals surface area contributed by atoms with Crippen molar-refractivity contribution >= 4 is 6.08 Å². The van der Waals surface area contributed by atoms with Gasteiger partial charge in [0.25, 0.3) is 5.70 Å². The fraction of sp³-hybridized carbons (Fsp3) is 0.143. The summed E-state index contributed by atoms with van der Waals surface area (Å²) >= 11 is 0. The van der Waals surface area contributed by atoms with E-state index in [2.05, 4.69) is 13.2 Å². The third-order valence-corrected chi connectivity index (χ3v) is 2.92. The Morgan fingerprint density at radius 1 is 1.50 bits per heavy atom. The van der Waals surface area contributed by atoms with Crippen LogP contribution in [0.3, 0.4) is 0 Å². The van der Waals surface area contributed by atoms with E-state index in [-0.39, 0.29) is 5.70 Å². The minimum absolute atomic E-state index is 0.0220. The van der Waals surface area contributed by atoms with Gasteiger partial charge in [0.15, 0.2) is 0 Å². The van der Waals surface area contributed by atoms with E-state index in [0.29, 0.717) is 5.57 Å². The molecule has 2 rings (SSSR count). The first kappa shape index (κ1) is 12.1. The standard InChI is InChI=1S/C14H13NO3/c1-3-4-13(15(16)17)10(2)12-6-5-11-7-8-18-14(11)9-12/h3-4,7-9H,1-2,5-6H2/b13-4+. The number of nitrogens with zero attached hydrogens (tertiary/aromatic N) is 1. The van der Waals surface area contributed by atoms with E-state index < -0.39 is 4.92 Å². The lowest BCUT2D eigenvalue weighted by atomic mass is 9.92. The van der Waals surface area contributed by atoms with Crippen LogP contribution in [0.4, 0.5) is 0 Å². The molecule has 0 radical (unpaired) electrons. The molecule has 1 heterocycles. The summed E-state index contributed by atoms with van der Waals surface area (Å²) in [6, 6.07) is 1.92. The highest BCUT2D eigenvalue weighted by Crippen LogP contribution is 2.31. The topological polar surface area (TPSA) is 56.3 Å². The van der Waals surface area contributed by atoms with Gasteiger partial charge in [-0.25, -0.2) is 0 Å². The molecule has 92 valence electrons. The van der Waals surface area contributed by atoms with E-state index >= 15 is 0 Å². The Balaban J connectivity index is 2.33. The first-order valence-electron chi connectivity index (χ1n) is 5.57. The van der Waals surface area contributed by atoms with Gasteiger partial charge in [-0.05, 0) is 36.1 Å². The summed E-state index contributed by atoms with van der Waals surface area (Å²) in [5.41, 5.74) is 2.36. The molecule has 1 aliphatic rings. The average Bonchev–Trinajstić information content (AvgIpc) is 2.81. The molecule has 0 aromatic carbocycles. The van der Waals surface area contributed by atoms with E-state index in [9.17, 15) is 10.1 Å². The monoisotopic (exact) mass is 243 g/mol. The molecule has 0 atom stereocenters. The lowest BCUT2D eigenvalue weighted by Gasteiger charge is -2.13. The molecular formula is C14H13NO3. The molecule has 1 aromatic rings. The number of nitro groups is 1. The third-order valence-electron chi connectivity index (χ3n) is 2.92. The van der Waals surface area contributed by atoms with Crippen molar-refractivity contribution in [2.75, 3.05) is 0 Å². The van der Waals surface area contributed by atoms with Gasteiger partial charge in [-0.1, -0.05) is 19.2 Å². The van der Waals surface area contributed by atoms with Crippen LogP contribution in [0.15, 0.2) is 58.9 Å². The van der Waals surface area contributed by atoms with Gasteiger partial charge in [0.05, 0.1) is 11.2 Å². The van der Waals surface area contributed by atoms with Gasteiger partial charge in [-0.3, -0.25) is 10.1 Å². The van der Waals surface area contributed by atoms with Crippen molar-refractivity contribution in [3.05, 3.63) is 75.9 Å². The number of hydrogen-bond donors (Lipinski definition) is 0. The quantitative estimate of drug-likeness (QED) is 0.462. The Morgan fingerprint density at radius 3 is 2.94 bits per heavy atom. The minimum Gasteiger partial charge on any atom is -0.465 e. The fourth-order valence-corrected chi connectivity index (χ4v) is 1.97. The maximum Gasteiger partial charge on any atom is 0.276 e. The van der Waals surface area contributed by atoms with Crippen molar-refractivity contribution in [3.8, 4) is 0 Å². The van der Waals surface area contributed by atoms with E-state index in [1.54, 1.807) is 6.26 Å². The SMILES string of the molecule is C=C/C=C(\C(=C)C1=Cc2occc2CC1)[N+](=O)[O-]. The highest BCUT2D eigenvalue weighted by Gasteiger charge is 2.22. The Morgan fingerprint density at radius 2 is 2.28 bits per heavy atom. The smallest absolute Gasteiger partial charge is 0.276 e. The van der Waals surface area contributed by atoms with Crippen LogP contribution in [0.25, 0.3) is 6.08 Å². The molecule has 0 unspecified atom stereocenters. The van der Waals surface area contributed by atoms with Crippen LogP contribution in [-0.2, 0) is 6.42 Å². The molecule has 0 aliphatic heterocycles. The van der Waals surface area contributed by atoms with Gasteiger partial charge < -0.3 is 4.42 Å². The van der Waals surface area contributed by atoms with Crippen molar-refractivity contribution < 1.29 is 9.34 Å². The van der Waals surface area contributed by atoms with Crippen molar-refractivity contribution in [3.63, 3.8) is 0 Å². The fourth-order valence-electron chi connectivity index (χ4n) is 1.97. The maximum absolute atomic E-state index is 10.9. The van der Waals surface area contributed by atoms with Gasteiger partial charge in [-0.2, -0.15) is 0 Å². The maximum atomic E-state index is 10.9. The Bertz CT molecular complexity index is 576. The summed E-state index contributed by atoms with van der Waals surface area (Å²) in [7, 11) is 0. The van der Waals surface area contributed by atoms with Gasteiger partial charge in [0.2, 0.25) is 0 Å². The van der Waals surface area contributed by atoms with Gasteiger partial charge in [0.1, 0.15) is 5.76 Å². The normalized spacial score (nSPS) is 14.7. The summed E-state index contributed by atoms with van der Waals surface area (Å²) in [5, 5.41) is 10.9. The second-order valence-corrected chi connectivity index (χ2v) is 4.00. The summed E-state index contributed by atoms with van der Waals surface area (Å²) < 4.78 is 5.31. The van der Waals surface area contributed by atoms with Crippen LogP contribution in [0.5, 0.6) is 0 Å². The predicted molar refractivity (Wildman–Crippen MR) is 69.4 cm³/mol. The Hall–Kier alpha value is -2.36. The number of fused-ring (bicyclic) bond motifs is 1. The van der Waals surface area contributed by atoms with Crippen molar-refractivity contribution in [2.24, 2.45) is 0 Å². The second-order valence-electron chi connectivity index (χ2n) is 4.00. The number of furan rings is 1. The molecule has 18 heavy (non-hydrogen) atoms. The van der Waals surface area contributed by atoms with Crippen LogP contribution in [-0.4, -0.2) is 4.92 Å². The molecule has 0 saturated heterocycles. The van der Waals surface area contributed by atoms with Crippen LogP contribution in [0.1, 0.15) is 17.7 Å². The molecule has 0 amide bonds. The zero-order valence-electron chi connectivity index (χ0n) is 9.89. The van der Waals surface area contributed by atoms with Crippen LogP contribution in [0.2, 0.25) is 0 Å². The van der Waals surface area contributed by atoms with E-state index in [1.807, 2.05) is 12.1 Å². The molecule has 4 heteroatoms. The lowest BCUT2D eigenvalue weighted by Crippen LogP contribution is -2.06. The summed E-state index contributed by atoms with van der Waals surface area (Å²) in [4.78, 5) is 10.5. The molecule has 0 fully saturated rings. The summed E-state index contributed by atoms with van der Waals surface area (Å²) in [5.74, 6) is 0.763. The van der Waals surface area contributed by atoms with Gasteiger partial charge in [0, 0.05) is 11.6 Å². The first-order valence-corrected chi connectivity index (χ1v) is 5.57.